The molecule has 0 aliphatic carbocycles. The number of hydrogen-bond acceptors (Lipinski definition) is 3. The Hall–Kier alpha value is -1.94. The van der Waals surface area contributed by atoms with Gasteiger partial charge in [0.15, 0.2) is 0 Å². The van der Waals surface area contributed by atoms with Crippen LogP contribution >= 0.6 is 15.9 Å². The molecular formula is C17H16BrN3. The molecule has 2 heterocycles. The monoisotopic (exact) mass is 341 g/mol. The molecule has 1 N–H and O–H groups in total. The highest BCUT2D eigenvalue weighted by Crippen LogP contribution is 2.19. The van der Waals surface area contributed by atoms with Crippen molar-refractivity contribution in [3.05, 3.63) is 64.0 Å². The summed E-state index contributed by atoms with van der Waals surface area (Å²) in [6.07, 6.45) is 0. The Labute approximate surface area is 132 Å². The largest absolute Gasteiger partial charge is 0.380 e. The van der Waals surface area contributed by atoms with Gasteiger partial charge in [-0.1, -0.05) is 12.1 Å². The van der Waals surface area contributed by atoms with Gasteiger partial charge in [-0.05, 0) is 65.7 Å². The van der Waals surface area contributed by atoms with Crippen molar-refractivity contribution in [1.82, 2.24) is 9.97 Å². The fourth-order valence-electron chi connectivity index (χ4n) is 2.30. The topological polar surface area (TPSA) is 37.8 Å². The van der Waals surface area contributed by atoms with Crippen LogP contribution in [-0.2, 0) is 6.54 Å². The van der Waals surface area contributed by atoms with Crippen LogP contribution in [0, 0.1) is 13.8 Å². The predicted molar refractivity (Wildman–Crippen MR) is 90.5 cm³/mol. The number of nitrogens with zero attached hydrogens (tertiary/aromatic N) is 2. The fraction of sp³-hybridized carbons (Fsp3) is 0.176. The number of halogens is 1. The zero-order valence-electron chi connectivity index (χ0n) is 12.0. The normalized spacial score (nSPS) is 10.8. The third-order valence-corrected chi connectivity index (χ3v) is 3.87. The van der Waals surface area contributed by atoms with Crippen molar-refractivity contribution in [2.45, 2.75) is 20.4 Å². The molecule has 0 atom stereocenters. The Morgan fingerprint density at radius 2 is 1.86 bits per heavy atom. The van der Waals surface area contributed by atoms with E-state index in [2.05, 4.69) is 55.5 Å². The molecule has 0 spiro atoms. The van der Waals surface area contributed by atoms with Crippen LogP contribution in [0.3, 0.4) is 0 Å². The first-order valence-corrected chi connectivity index (χ1v) is 7.64. The van der Waals surface area contributed by atoms with E-state index in [4.69, 9.17) is 0 Å². The summed E-state index contributed by atoms with van der Waals surface area (Å²) < 4.78 is 0.859. The molecule has 3 rings (SSSR count). The van der Waals surface area contributed by atoms with E-state index in [0.717, 1.165) is 33.7 Å². The molecule has 0 fully saturated rings. The van der Waals surface area contributed by atoms with Crippen LogP contribution < -0.4 is 5.32 Å². The lowest BCUT2D eigenvalue weighted by Crippen LogP contribution is -2.02. The van der Waals surface area contributed by atoms with E-state index in [-0.39, 0.29) is 0 Å². The van der Waals surface area contributed by atoms with E-state index >= 15 is 0 Å². The molecule has 106 valence electrons. The lowest BCUT2D eigenvalue weighted by molar-refractivity contribution is 1.10. The molecule has 0 saturated carbocycles. The van der Waals surface area contributed by atoms with E-state index < -0.39 is 0 Å². The van der Waals surface area contributed by atoms with E-state index in [0.29, 0.717) is 0 Å². The summed E-state index contributed by atoms with van der Waals surface area (Å²) in [6.45, 7) is 4.78. The van der Waals surface area contributed by atoms with E-state index in [9.17, 15) is 0 Å². The summed E-state index contributed by atoms with van der Waals surface area (Å²) in [6, 6.07) is 14.5. The minimum Gasteiger partial charge on any atom is -0.380 e. The average Bonchev–Trinajstić information content (AvgIpc) is 2.46. The summed E-state index contributed by atoms with van der Waals surface area (Å²) in [5.74, 6) is 0. The van der Waals surface area contributed by atoms with Crippen LogP contribution in [0.25, 0.3) is 10.9 Å². The standard InChI is InChI=1S/C17H16BrN3/c1-11-3-5-14-9-13(4-6-16(14)20-11)10-19-15-7-8-17(18)21-12(15)2/h3-9,19H,10H2,1-2H3. The number of fused-ring (bicyclic) bond motifs is 1. The number of benzene rings is 1. The van der Waals surface area contributed by atoms with Crippen molar-refractivity contribution < 1.29 is 0 Å². The van der Waals surface area contributed by atoms with Gasteiger partial charge in [-0.25, -0.2) is 4.98 Å². The molecule has 21 heavy (non-hydrogen) atoms. The van der Waals surface area contributed by atoms with Crippen molar-refractivity contribution in [2.24, 2.45) is 0 Å². The highest BCUT2D eigenvalue weighted by Gasteiger charge is 2.02. The molecule has 0 radical (unpaired) electrons. The van der Waals surface area contributed by atoms with Gasteiger partial charge in [0, 0.05) is 17.6 Å². The Kier molecular flexibility index (Phi) is 3.88. The third-order valence-electron chi connectivity index (χ3n) is 3.43. The second-order valence-corrected chi connectivity index (χ2v) is 5.91. The quantitative estimate of drug-likeness (QED) is 0.706. The first kappa shape index (κ1) is 14.0. The molecular weight excluding hydrogens is 326 g/mol. The number of rotatable bonds is 3. The number of nitrogens with one attached hydrogen (secondary N) is 1. The van der Waals surface area contributed by atoms with Gasteiger partial charge in [-0.3, -0.25) is 4.98 Å². The summed E-state index contributed by atoms with van der Waals surface area (Å²) in [5, 5.41) is 4.60. The molecule has 3 nitrogen and oxygen atoms in total. The zero-order valence-corrected chi connectivity index (χ0v) is 13.6. The Morgan fingerprint density at radius 1 is 1.00 bits per heavy atom. The highest BCUT2D eigenvalue weighted by molar-refractivity contribution is 9.10. The van der Waals surface area contributed by atoms with Crippen molar-refractivity contribution in [1.29, 1.82) is 0 Å². The molecule has 0 amide bonds. The predicted octanol–water partition coefficient (Wildman–Crippen LogP) is 4.62. The van der Waals surface area contributed by atoms with Gasteiger partial charge in [0.25, 0.3) is 0 Å². The molecule has 0 unspecified atom stereocenters. The van der Waals surface area contributed by atoms with Crippen LogP contribution in [0.2, 0.25) is 0 Å². The van der Waals surface area contributed by atoms with Crippen molar-refractivity contribution in [2.75, 3.05) is 5.32 Å². The maximum atomic E-state index is 4.52. The first-order chi connectivity index (χ1) is 10.1. The maximum absolute atomic E-state index is 4.52. The van der Waals surface area contributed by atoms with E-state index in [1.165, 1.54) is 10.9 Å². The molecule has 0 saturated heterocycles. The van der Waals surface area contributed by atoms with Gasteiger partial charge >= 0.3 is 0 Å². The van der Waals surface area contributed by atoms with Crippen LogP contribution in [0.4, 0.5) is 5.69 Å². The average molecular weight is 342 g/mol. The van der Waals surface area contributed by atoms with E-state index in [1.807, 2.05) is 32.0 Å². The van der Waals surface area contributed by atoms with E-state index in [1.54, 1.807) is 0 Å². The van der Waals surface area contributed by atoms with Gasteiger partial charge < -0.3 is 5.32 Å². The zero-order chi connectivity index (χ0) is 14.8. The number of pyridine rings is 2. The fourth-order valence-corrected chi connectivity index (χ4v) is 2.70. The van der Waals surface area contributed by atoms with Gasteiger partial charge in [0.1, 0.15) is 4.60 Å². The first-order valence-electron chi connectivity index (χ1n) is 6.85. The lowest BCUT2D eigenvalue weighted by Gasteiger charge is -2.10. The molecule has 1 aromatic carbocycles. The number of aromatic nitrogens is 2. The van der Waals surface area contributed by atoms with Crippen molar-refractivity contribution in [3.8, 4) is 0 Å². The van der Waals surface area contributed by atoms with Crippen LogP contribution in [0.5, 0.6) is 0 Å². The van der Waals surface area contributed by atoms with Gasteiger partial charge in [0.05, 0.1) is 16.9 Å². The third kappa shape index (κ3) is 3.22. The maximum Gasteiger partial charge on any atom is 0.106 e. The lowest BCUT2D eigenvalue weighted by atomic mass is 10.1. The second-order valence-electron chi connectivity index (χ2n) is 5.10. The van der Waals surface area contributed by atoms with Gasteiger partial charge in [0.2, 0.25) is 0 Å². The number of aryl methyl sites for hydroxylation is 2. The van der Waals surface area contributed by atoms with Crippen molar-refractivity contribution in [3.63, 3.8) is 0 Å². The Morgan fingerprint density at radius 3 is 2.67 bits per heavy atom. The van der Waals surface area contributed by atoms with Crippen LogP contribution in [0.15, 0.2) is 47.1 Å². The molecule has 0 bridgehead atoms. The minimum absolute atomic E-state index is 0.772. The van der Waals surface area contributed by atoms with Gasteiger partial charge in [-0.2, -0.15) is 0 Å². The molecule has 0 aliphatic heterocycles. The molecule has 0 aliphatic rings. The number of hydrogen-bond donors (Lipinski definition) is 1. The smallest absolute Gasteiger partial charge is 0.106 e. The van der Waals surface area contributed by atoms with Gasteiger partial charge in [-0.15, -0.1) is 0 Å². The Bertz CT molecular complexity index is 799. The second kappa shape index (κ2) is 5.82. The SMILES string of the molecule is Cc1ccc2cc(CNc3ccc(Br)nc3C)ccc2n1. The summed E-state index contributed by atoms with van der Waals surface area (Å²) in [7, 11) is 0. The number of anilines is 1. The molecule has 3 aromatic rings. The molecule has 2 aromatic heterocycles. The Balaban J connectivity index is 1.80. The summed E-state index contributed by atoms with van der Waals surface area (Å²) in [5.41, 5.74) is 5.36. The molecule has 4 heteroatoms. The minimum atomic E-state index is 0.772. The highest BCUT2D eigenvalue weighted by atomic mass is 79.9. The van der Waals surface area contributed by atoms with Crippen LogP contribution in [0.1, 0.15) is 17.0 Å². The van der Waals surface area contributed by atoms with Crippen molar-refractivity contribution >= 4 is 32.5 Å². The summed E-state index contributed by atoms with van der Waals surface area (Å²) in [4.78, 5) is 8.91. The summed E-state index contributed by atoms with van der Waals surface area (Å²) >= 11 is 3.38. The van der Waals surface area contributed by atoms with Crippen LogP contribution in [-0.4, -0.2) is 9.97 Å².